The summed E-state index contributed by atoms with van der Waals surface area (Å²) in [6, 6.07) is 5.75. The molecule has 2 saturated heterocycles. The number of hydrogen-bond donors (Lipinski definition) is 1. The van der Waals surface area contributed by atoms with Crippen molar-refractivity contribution in [2.45, 2.75) is 44.4 Å². The molecular weight excluding hydrogens is 379 g/mol. The summed E-state index contributed by atoms with van der Waals surface area (Å²) in [5.41, 5.74) is 1.37. The van der Waals surface area contributed by atoms with Crippen LogP contribution in [0.2, 0.25) is 5.02 Å². The van der Waals surface area contributed by atoms with Crippen molar-refractivity contribution in [2.24, 2.45) is 5.92 Å². The van der Waals surface area contributed by atoms with Crippen molar-refractivity contribution in [2.75, 3.05) is 19.5 Å². The van der Waals surface area contributed by atoms with E-state index in [-0.39, 0.29) is 24.4 Å². The molecule has 0 spiro atoms. The number of anilines is 1. The summed E-state index contributed by atoms with van der Waals surface area (Å²) in [7, 11) is 3.38. The fraction of sp³-hybridized carbons (Fsp3) is 0.556. The van der Waals surface area contributed by atoms with E-state index in [2.05, 4.69) is 10.2 Å². The van der Waals surface area contributed by atoms with Gasteiger partial charge < -0.3 is 9.47 Å². The van der Waals surface area contributed by atoms with Gasteiger partial charge in [0.1, 0.15) is 12.0 Å². The van der Waals surface area contributed by atoms with Gasteiger partial charge in [-0.3, -0.25) is 15.0 Å². The van der Waals surface area contributed by atoms with Gasteiger partial charge >= 0.3 is 12.1 Å². The minimum Gasteiger partial charge on any atom is -0.469 e. The second-order valence-electron chi connectivity index (χ2n) is 6.75. The van der Waals surface area contributed by atoms with Crippen LogP contribution in [0, 0.1) is 12.8 Å². The number of para-hydroxylation sites is 1. The van der Waals surface area contributed by atoms with Crippen molar-refractivity contribution < 1.29 is 19.1 Å². The Morgan fingerprint density at radius 2 is 2.04 bits per heavy atom. The number of piperidine rings is 1. The van der Waals surface area contributed by atoms with Crippen LogP contribution in [-0.4, -0.2) is 49.3 Å². The van der Waals surface area contributed by atoms with Crippen LogP contribution in [0.5, 0.6) is 0 Å². The molecule has 2 heterocycles. The number of halogens is 2. The molecule has 26 heavy (non-hydrogen) atoms. The van der Waals surface area contributed by atoms with E-state index >= 15 is 0 Å². The number of nitrogens with one attached hydrogen (secondary N) is 1. The Labute approximate surface area is 164 Å². The Bertz CT molecular complexity index is 665. The average molecular weight is 403 g/mol. The van der Waals surface area contributed by atoms with Gasteiger partial charge in [-0.2, -0.15) is 0 Å². The number of benzene rings is 1. The summed E-state index contributed by atoms with van der Waals surface area (Å²) >= 11 is 6.14. The number of fused-ring (bicyclic) bond motifs is 2. The number of nitrogens with zero attached hydrogens (tertiary/aromatic N) is 1. The first-order valence-electron chi connectivity index (χ1n) is 8.45. The maximum Gasteiger partial charge on any atom is 0.411 e. The van der Waals surface area contributed by atoms with Crippen LogP contribution in [0.3, 0.4) is 0 Å². The minimum absolute atomic E-state index is 0. The van der Waals surface area contributed by atoms with Crippen molar-refractivity contribution in [3.05, 3.63) is 28.8 Å². The zero-order valence-electron chi connectivity index (χ0n) is 15.0. The molecule has 3 rings (SSSR count). The average Bonchev–Trinajstić information content (AvgIpc) is 2.81. The van der Waals surface area contributed by atoms with Gasteiger partial charge in [-0.05, 0) is 38.4 Å². The molecule has 2 aliphatic heterocycles. The van der Waals surface area contributed by atoms with E-state index in [4.69, 9.17) is 21.1 Å². The van der Waals surface area contributed by atoms with E-state index in [9.17, 15) is 9.59 Å². The molecule has 6 nitrogen and oxygen atoms in total. The number of aryl methyl sites for hydroxylation is 1. The largest absolute Gasteiger partial charge is 0.469 e. The quantitative estimate of drug-likeness (QED) is 0.781. The second-order valence-corrected chi connectivity index (χ2v) is 7.16. The van der Waals surface area contributed by atoms with Crippen molar-refractivity contribution in [1.82, 2.24) is 4.90 Å². The topological polar surface area (TPSA) is 67.9 Å². The lowest BCUT2D eigenvalue weighted by molar-refractivity contribution is -0.155. The van der Waals surface area contributed by atoms with E-state index in [0.717, 1.165) is 18.4 Å². The maximum atomic E-state index is 12.4. The van der Waals surface area contributed by atoms with Crippen LogP contribution < -0.4 is 5.32 Å². The lowest BCUT2D eigenvalue weighted by Gasteiger charge is -2.40. The molecule has 1 aromatic carbocycles. The molecule has 2 fully saturated rings. The van der Waals surface area contributed by atoms with E-state index in [1.807, 2.05) is 26.1 Å². The second kappa shape index (κ2) is 8.46. The molecule has 2 aliphatic rings. The van der Waals surface area contributed by atoms with Crippen LogP contribution in [0.4, 0.5) is 10.5 Å². The summed E-state index contributed by atoms with van der Waals surface area (Å²) in [5, 5.41) is 3.15. The third-order valence-electron chi connectivity index (χ3n) is 5.39. The maximum absolute atomic E-state index is 12.4. The lowest BCUT2D eigenvalue weighted by atomic mass is 9.87. The van der Waals surface area contributed by atoms with E-state index in [0.29, 0.717) is 23.2 Å². The minimum atomic E-state index is -0.598. The van der Waals surface area contributed by atoms with Gasteiger partial charge in [-0.15, -0.1) is 12.4 Å². The molecule has 1 N–H and O–H groups in total. The molecule has 0 saturated carbocycles. The lowest BCUT2D eigenvalue weighted by Crippen LogP contribution is -2.53. The first-order valence-corrected chi connectivity index (χ1v) is 8.82. The molecule has 8 heteroatoms. The molecule has 0 radical (unpaired) electrons. The number of esters is 1. The smallest absolute Gasteiger partial charge is 0.411 e. The number of methoxy groups -OCH3 is 1. The van der Waals surface area contributed by atoms with Crippen LogP contribution in [0.15, 0.2) is 18.2 Å². The highest BCUT2D eigenvalue weighted by Crippen LogP contribution is 2.40. The van der Waals surface area contributed by atoms with Crippen LogP contribution in [0.25, 0.3) is 0 Å². The normalized spacial score (nSPS) is 27.4. The molecule has 0 aromatic heterocycles. The molecule has 144 valence electrons. The van der Waals surface area contributed by atoms with Crippen molar-refractivity contribution in [1.29, 1.82) is 0 Å². The van der Waals surface area contributed by atoms with Gasteiger partial charge in [0.2, 0.25) is 0 Å². The van der Waals surface area contributed by atoms with Crippen LogP contribution in [-0.2, 0) is 14.3 Å². The summed E-state index contributed by atoms with van der Waals surface area (Å²) in [5.74, 6) is -0.796. The zero-order valence-corrected chi connectivity index (χ0v) is 16.6. The standard InChI is InChI=1S/C18H23ClN2O4.ClH/c1-10-5-4-6-12(19)16(10)20-18(23)25-14-9-11-7-8-13(21(11)2)15(14)17(22)24-3;/h4-6,11,13-15H,7-9H2,1-3H3,(H,20,23);1H/t11-,13+,14-,15+;/m0./s1. The number of carbonyl (C=O) groups is 2. The monoisotopic (exact) mass is 402 g/mol. The predicted octanol–water partition coefficient (Wildman–Crippen LogP) is 3.64. The number of ether oxygens (including phenoxy) is 2. The Morgan fingerprint density at radius 1 is 1.31 bits per heavy atom. The molecule has 1 amide bonds. The van der Waals surface area contributed by atoms with Crippen LogP contribution >= 0.6 is 24.0 Å². The SMILES string of the molecule is COC(=O)[C@H]1[C@@H](OC(=O)Nc2c(C)cccc2Cl)C[C@@H]2CC[C@H]1N2C.Cl. The Morgan fingerprint density at radius 3 is 2.69 bits per heavy atom. The molecule has 0 aliphatic carbocycles. The highest BCUT2D eigenvalue weighted by atomic mass is 35.5. The summed E-state index contributed by atoms with van der Waals surface area (Å²) < 4.78 is 10.6. The van der Waals surface area contributed by atoms with E-state index in [1.54, 1.807) is 6.07 Å². The fourth-order valence-electron chi connectivity index (χ4n) is 4.05. The molecule has 1 aromatic rings. The number of amides is 1. The zero-order chi connectivity index (χ0) is 18.1. The van der Waals surface area contributed by atoms with Crippen molar-refractivity contribution >= 4 is 41.8 Å². The molecule has 2 bridgehead atoms. The Kier molecular flexibility index (Phi) is 6.77. The molecular formula is C18H24Cl2N2O4. The fourth-order valence-corrected chi connectivity index (χ4v) is 4.32. The molecule has 4 atom stereocenters. The van der Waals surface area contributed by atoms with Crippen molar-refractivity contribution in [3.63, 3.8) is 0 Å². The number of rotatable bonds is 3. The number of carbonyl (C=O) groups excluding carboxylic acids is 2. The van der Waals surface area contributed by atoms with Crippen LogP contribution in [0.1, 0.15) is 24.8 Å². The Hall–Kier alpha value is -1.50. The van der Waals surface area contributed by atoms with Gasteiger partial charge in [-0.1, -0.05) is 23.7 Å². The highest BCUT2D eigenvalue weighted by Gasteiger charge is 2.51. The van der Waals surface area contributed by atoms with Gasteiger partial charge in [0.25, 0.3) is 0 Å². The summed E-state index contributed by atoms with van der Waals surface area (Å²) in [6.45, 7) is 1.86. The van der Waals surface area contributed by atoms with E-state index < -0.39 is 18.1 Å². The third kappa shape index (κ3) is 3.92. The highest BCUT2D eigenvalue weighted by molar-refractivity contribution is 6.33. The first-order chi connectivity index (χ1) is 11.9. The van der Waals surface area contributed by atoms with E-state index in [1.165, 1.54) is 7.11 Å². The summed E-state index contributed by atoms with van der Waals surface area (Å²) in [6.07, 6.45) is 1.44. The van der Waals surface area contributed by atoms with Crippen molar-refractivity contribution in [3.8, 4) is 0 Å². The van der Waals surface area contributed by atoms with Gasteiger partial charge in [0.05, 0.1) is 17.8 Å². The first kappa shape index (κ1) is 20.8. The number of hydrogen-bond acceptors (Lipinski definition) is 5. The van der Waals surface area contributed by atoms with Gasteiger partial charge in [0, 0.05) is 18.5 Å². The van der Waals surface area contributed by atoms with Gasteiger partial charge in [0.15, 0.2) is 0 Å². The predicted molar refractivity (Wildman–Crippen MR) is 102 cm³/mol. The summed E-state index contributed by atoms with van der Waals surface area (Å²) in [4.78, 5) is 26.9. The molecule has 0 unspecified atom stereocenters. The Balaban J connectivity index is 0.00000243. The third-order valence-corrected chi connectivity index (χ3v) is 5.71. The van der Waals surface area contributed by atoms with Gasteiger partial charge in [-0.25, -0.2) is 4.79 Å².